The SMILES string of the molecule is O=c1nc2c3ccccc3[nH]c(=O)n2[nH]1. The number of aromatic nitrogens is 4. The second kappa shape index (κ2) is 2.57. The maximum absolute atomic E-state index is 11.5. The van der Waals surface area contributed by atoms with Crippen LogP contribution in [0, 0.1) is 0 Å². The van der Waals surface area contributed by atoms with Gasteiger partial charge < -0.3 is 4.98 Å². The van der Waals surface area contributed by atoms with E-state index in [9.17, 15) is 9.59 Å². The molecule has 0 aliphatic heterocycles. The van der Waals surface area contributed by atoms with E-state index in [1.54, 1.807) is 18.2 Å². The average Bonchev–Trinajstić information content (AvgIpc) is 2.61. The Morgan fingerprint density at radius 3 is 2.87 bits per heavy atom. The van der Waals surface area contributed by atoms with Gasteiger partial charge in [-0.25, -0.2) is 14.7 Å². The van der Waals surface area contributed by atoms with E-state index in [1.807, 2.05) is 6.07 Å². The molecular formula is C9H6N4O2. The van der Waals surface area contributed by atoms with Crippen LogP contribution in [0.1, 0.15) is 0 Å². The van der Waals surface area contributed by atoms with Crippen LogP contribution in [-0.2, 0) is 0 Å². The van der Waals surface area contributed by atoms with Crippen LogP contribution < -0.4 is 11.4 Å². The first-order chi connectivity index (χ1) is 7.25. The number of benzene rings is 1. The second-order valence-electron chi connectivity index (χ2n) is 3.16. The van der Waals surface area contributed by atoms with Gasteiger partial charge in [0.2, 0.25) is 0 Å². The normalized spacial score (nSPS) is 11.2. The van der Waals surface area contributed by atoms with Crippen LogP contribution in [-0.4, -0.2) is 19.6 Å². The minimum absolute atomic E-state index is 0.347. The Labute approximate surface area is 82.2 Å². The Bertz CT molecular complexity index is 765. The molecule has 74 valence electrons. The van der Waals surface area contributed by atoms with E-state index < -0.39 is 11.4 Å². The third kappa shape index (κ3) is 1.01. The molecule has 3 rings (SSSR count). The zero-order valence-corrected chi connectivity index (χ0v) is 7.52. The van der Waals surface area contributed by atoms with Crippen molar-refractivity contribution in [1.29, 1.82) is 0 Å². The number of hydrogen-bond donors (Lipinski definition) is 2. The molecule has 0 bridgehead atoms. The summed E-state index contributed by atoms with van der Waals surface area (Å²) < 4.78 is 1.10. The van der Waals surface area contributed by atoms with Crippen molar-refractivity contribution in [3.63, 3.8) is 0 Å². The van der Waals surface area contributed by atoms with E-state index in [4.69, 9.17) is 0 Å². The molecule has 6 heteroatoms. The average molecular weight is 202 g/mol. The molecule has 0 radical (unpaired) electrons. The number of H-pyrrole nitrogens is 2. The number of aromatic amines is 2. The summed E-state index contributed by atoms with van der Waals surface area (Å²) in [5.41, 5.74) is 0.0727. The van der Waals surface area contributed by atoms with Crippen molar-refractivity contribution < 1.29 is 0 Å². The van der Waals surface area contributed by atoms with E-state index in [2.05, 4.69) is 15.1 Å². The Morgan fingerprint density at radius 2 is 2.00 bits per heavy atom. The van der Waals surface area contributed by atoms with Crippen molar-refractivity contribution in [2.75, 3.05) is 0 Å². The summed E-state index contributed by atoms with van der Waals surface area (Å²) in [6, 6.07) is 7.18. The summed E-state index contributed by atoms with van der Waals surface area (Å²) >= 11 is 0. The van der Waals surface area contributed by atoms with Crippen LogP contribution in [0.3, 0.4) is 0 Å². The van der Waals surface area contributed by atoms with Crippen molar-refractivity contribution in [3.8, 4) is 0 Å². The van der Waals surface area contributed by atoms with Crippen LogP contribution >= 0.6 is 0 Å². The van der Waals surface area contributed by atoms with Gasteiger partial charge in [0, 0.05) is 5.39 Å². The van der Waals surface area contributed by atoms with Crippen molar-refractivity contribution in [1.82, 2.24) is 19.6 Å². The van der Waals surface area contributed by atoms with Gasteiger partial charge in [-0.2, -0.15) is 9.50 Å². The monoisotopic (exact) mass is 202 g/mol. The highest BCUT2D eigenvalue weighted by molar-refractivity contribution is 5.90. The van der Waals surface area contributed by atoms with Gasteiger partial charge in [-0.1, -0.05) is 12.1 Å². The predicted molar refractivity (Wildman–Crippen MR) is 53.9 cm³/mol. The number of hydrogen-bond acceptors (Lipinski definition) is 3. The molecule has 0 spiro atoms. The summed E-state index contributed by atoms with van der Waals surface area (Å²) in [5, 5.41) is 3.06. The largest absolute Gasteiger partial charge is 0.362 e. The van der Waals surface area contributed by atoms with E-state index in [0.717, 1.165) is 9.90 Å². The number of fused-ring (bicyclic) bond motifs is 3. The van der Waals surface area contributed by atoms with Gasteiger partial charge in [0.05, 0.1) is 5.52 Å². The lowest BCUT2D eigenvalue weighted by molar-refractivity contribution is 0.865. The third-order valence-corrected chi connectivity index (χ3v) is 2.24. The van der Waals surface area contributed by atoms with Gasteiger partial charge in [0.25, 0.3) is 0 Å². The molecule has 1 aromatic carbocycles. The highest BCUT2D eigenvalue weighted by Gasteiger charge is 2.06. The molecular weight excluding hydrogens is 196 g/mol. The minimum Gasteiger partial charge on any atom is -0.305 e. The highest BCUT2D eigenvalue weighted by atomic mass is 16.2. The molecule has 2 aromatic heterocycles. The standard InChI is InChI=1S/C9H6N4O2/c14-8-11-7-5-3-1-2-4-6(5)10-9(15)13(7)12-8/h1-4H,(H,10,15)(H,12,14). The highest BCUT2D eigenvalue weighted by Crippen LogP contribution is 2.11. The lowest BCUT2D eigenvalue weighted by Gasteiger charge is -1.97. The minimum atomic E-state index is -0.531. The topological polar surface area (TPSA) is 83.0 Å². The van der Waals surface area contributed by atoms with E-state index in [1.165, 1.54) is 0 Å². The Kier molecular flexibility index (Phi) is 1.37. The Balaban J connectivity index is 2.75. The first-order valence-electron chi connectivity index (χ1n) is 4.35. The third-order valence-electron chi connectivity index (χ3n) is 2.24. The summed E-state index contributed by atoms with van der Waals surface area (Å²) in [7, 11) is 0. The van der Waals surface area contributed by atoms with Gasteiger partial charge in [0.1, 0.15) is 0 Å². The molecule has 2 heterocycles. The lowest BCUT2D eigenvalue weighted by atomic mass is 10.2. The quantitative estimate of drug-likeness (QED) is 0.532. The summed E-state index contributed by atoms with van der Waals surface area (Å²) in [5.74, 6) is 0. The molecule has 6 nitrogen and oxygen atoms in total. The fourth-order valence-electron chi connectivity index (χ4n) is 1.61. The first-order valence-corrected chi connectivity index (χ1v) is 4.35. The molecule has 0 unspecified atom stereocenters. The summed E-state index contributed by atoms with van der Waals surface area (Å²) in [4.78, 5) is 28.9. The fraction of sp³-hybridized carbons (Fsp3) is 0. The van der Waals surface area contributed by atoms with Crippen molar-refractivity contribution >= 4 is 16.6 Å². The molecule has 15 heavy (non-hydrogen) atoms. The van der Waals surface area contributed by atoms with Crippen molar-refractivity contribution in [2.24, 2.45) is 0 Å². The maximum Gasteiger partial charge on any atom is 0.362 e. The fourth-order valence-corrected chi connectivity index (χ4v) is 1.61. The summed E-state index contributed by atoms with van der Waals surface area (Å²) in [6.07, 6.45) is 0. The van der Waals surface area contributed by atoms with E-state index >= 15 is 0 Å². The van der Waals surface area contributed by atoms with Crippen LogP contribution in [0.4, 0.5) is 0 Å². The first kappa shape index (κ1) is 7.98. The molecule has 0 saturated carbocycles. The van der Waals surface area contributed by atoms with Crippen molar-refractivity contribution in [2.45, 2.75) is 0 Å². The molecule has 0 fully saturated rings. The smallest absolute Gasteiger partial charge is 0.305 e. The van der Waals surface area contributed by atoms with E-state index in [0.29, 0.717) is 11.2 Å². The molecule has 0 amide bonds. The van der Waals surface area contributed by atoms with E-state index in [-0.39, 0.29) is 0 Å². The maximum atomic E-state index is 11.5. The molecule has 0 atom stereocenters. The molecule has 0 saturated heterocycles. The van der Waals surface area contributed by atoms with Crippen LogP contribution in [0.25, 0.3) is 16.6 Å². The molecule has 2 N–H and O–H groups in total. The van der Waals surface area contributed by atoms with Gasteiger partial charge in [-0.15, -0.1) is 0 Å². The Morgan fingerprint density at radius 1 is 1.20 bits per heavy atom. The van der Waals surface area contributed by atoms with Crippen molar-refractivity contribution in [3.05, 3.63) is 45.2 Å². The zero-order valence-electron chi connectivity index (χ0n) is 7.52. The number of rotatable bonds is 0. The zero-order chi connectivity index (χ0) is 10.4. The molecule has 3 aromatic rings. The van der Waals surface area contributed by atoms with Crippen LogP contribution in [0.2, 0.25) is 0 Å². The number of para-hydroxylation sites is 1. The predicted octanol–water partition coefficient (Wildman–Crippen LogP) is -0.136. The van der Waals surface area contributed by atoms with Gasteiger partial charge in [-0.05, 0) is 12.1 Å². The Hall–Kier alpha value is -2.37. The van der Waals surface area contributed by atoms with Gasteiger partial charge in [-0.3, -0.25) is 0 Å². The summed E-state index contributed by atoms with van der Waals surface area (Å²) in [6.45, 7) is 0. The number of nitrogens with one attached hydrogen (secondary N) is 2. The second-order valence-corrected chi connectivity index (χ2v) is 3.16. The lowest BCUT2D eigenvalue weighted by Crippen LogP contribution is -2.18. The number of nitrogens with zero attached hydrogens (tertiary/aromatic N) is 2. The van der Waals surface area contributed by atoms with Crippen LogP contribution in [0.5, 0.6) is 0 Å². The molecule has 0 aliphatic rings. The van der Waals surface area contributed by atoms with Gasteiger partial charge >= 0.3 is 11.4 Å². The van der Waals surface area contributed by atoms with Crippen LogP contribution in [0.15, 0.2) is 33.9 Å². The van der Waals surface area contributed by atoms with Gasteiger partial charge in [0.15, 0.2) is 5.65 Å². The molecule has 0 aliphatic carbocycles.